The van der Waals surface area contributed by atoms with E-state index in [1.165, 1.54) is 12.1 Å². The fourth-order valence-electron chi connectivity index (χ4n) is 2.07. The number of aromatic nitrogens is 2. The summed E-state index contributed by atoms with van der Waals surface area (Å²) in [6.45, 7) is 2.88. The number of methoxy groups -OCH3 is 1. The third kappa shape index (κ3) is 3.77. The summed E-state index contributed by atoms with van der Waals surface area (Å²) in [6, 6.07) is 4.40. The van der Waals surface area contributed by atoms with Gasteiger partial charge < -0.3 is 10.1 Å². The van der Waals surface area contributed by atoms with Gasteiger partial charge in [0.15, 0.2) is 0 Å². The minimum absolute atomic E-state index is 0.219. The van der Waals surface area contributed by atoms with Crippen LogP contribution in [0.15, 0.2) is 35.1 Å². The number of hydrogen-bond acceptors (Lipinski definition) is 4. The van der Waals surface area contributed by atoms with Crippen LogP contribution in [0, 0.1) is 5.82 Å². The first-order chi connectivity index (χ1) is 10.2. The monoisotopic (exact) mass is 353 g/mol. The van der Waals surface area contributed by atoms with Gasteiger partial charge in [-0.1, -0.05) is 28.9 Å². The molecule has 1 aromatic carbocycles. The molecule has 21 heavy (non-hydrogen) atoms. The Morgan fingerprint density at radius 3 is 2.76 bits per heavy atom. The van der Waals surface area contributed by atoms with E-state index in [1.54, 1.807) is 25.6 Å². The highest BCUT2D eigenvalue weighted by Gasteiger charge is 2.22. The lowest BCUT2D eigenvalue weighted by molar-refractivity contribution is 0.382. The van der Waals surface area contributed by atoms with Gasteiger partial charge in [-0.2, -0.15) is 0 Å². The van der Waals surface area contributed by atoms with E-state index in [-0.39, 0.29) is 11.9 Å². The minimum Gasteiger partial charge on any atom is -0.480 e. The summed E-state index contributed by atoms with van der Waals surface area (Å²) >= 11 is 3.41. The highest BCUT2D eigenvalue weighted by Crippen LogP contribution is 2.31. The molecule has 2 rings (SSSR count). The fourth-order valence-corrected chi connectivity index (χ4v) is 2.65. The molecule has 0 amide bonds. The van der Waals surface area contributed by atoms with Gasteiger partial charge in [-0.15, -0.1) is 0 Å². The Kier molecular flexibility index (Phi) is 5.64. The highest BCUT2D eigenvalue weighted by molar-refractivity contribution is 9.10. The van der Waals surface area contributed by atoms with Gasteiger partial charge in [-0.3, -0.25) is 4.98 Å². The average Bonchev–Trinajstić information content (AvgIpc) is 2.49. The van der Waals surface area contributed by atoms with Gasteiger partial charge >= 0.3 is 0 Å². The maximum atomic E-state index is 13.3. The van der Waals surface area contributed by atoms with E-state index in [0.717, 1.165) is 18.5 Å². The molecule has 4 nitrogen and oxygen atoms in total. The first-order valence-electron chi connectivity index (χ1n) is 6.70. The molecule has 1 N–H and O–H groups in total. The molecule has 6 heteroatoms. The van der Waals surface area contributed by atoms with E-state index in [2.05, 4.69) is 38.1 Å². The lowest BCUT2D eigenvalue weighted by Crippen LogP contribution is -2.25. The van der Waals surface area contributed by atoms with Crippen molar-refractivity contribution in [1.82, 2.24) is 15.3 Å². The number of nitrogens with one attached hydrogen (secondary N) is 1. The van der Waals surface area contributed by atoms with E-state index in [1.807, 2.05) is 0 Å². The third-order valence-corrected chi connectivity index (χ3v) is 3.72. The van der Waals surface area contributed by atoms with E-state index in [9.17, 15) is 4.39 Å². The molecule has 0 saturated carbocycles. The van der Waals surface area contributed by atoms with Crippen molar-refractivity contribution in [2.45, 2.75) is 19.4 Å². The van der Waals surface area contributed by atoms with Crippen LogP contribution in [0.25, 0.3) is 0 Å². The second kappa shape index (κ2) is 7.47. The van der Waals surface area contributed by atoms with E-state index in [4.69, 9.17) is 4.74 Å². The van der Waals surface area contributed by atoms with Gasteiger partial charge in [0, 0.05) is 16.9 Å². The average molecular weight is 354 g/mol. The predicted octanol–water partition coefficient (Wildman–Crippen LogP) is 3.48. The molecular weight excluding hydrogens is 337 g/mol. The zero-order chi connectivity index (χ0) is 15.2. The molecule has 1 heterocycles. The highest BCUT2D eigenvalue weighted by atomic mass is 79.9. The summed E-state index contributed by atoms with van der Waals surface area (Å²) in [5.41, 5.74) is 1.57. The van der Waals surface area contributed by atoms with Crippen molar-refractivity contribution in [2.75, 3.05) is 13.7 Å². The summed E-state index contributed by atoms with van der Waals surface area (Å²) in [7, 11) is 1.56. The summed E-state index contributed by atoms with van der Waals surface area (Å²) in [4.78, 5) is 8.56. The zero-order valence-corrected chi connectivity index (χ0v) is 13.5. The van der Waals surface area contributed by atoms with Crippen LogP contribution in [-0.2, 0) is 0 Å². The maximum absolute atomic E-state index is 13.3. The number of halogens is 2. The van der Waals surface area contributed by atoms with Crippen molar-refractivity contribution in [1.29, 1.82) is 0 Å². The number of ether oxygens (including phenoxy) is 1. The number of rotatable bonds is 6. The Bertz CT molecular complexity index is 609. The van der Waals surface area contributed by atoms with E-state index in [0.29, 0.717) is 16.0 Å². The Hall–Kier alpha value is -1.53. The van der Waals surface area contributed by atoms with Gasteiger partial charge in [0.25, 0.3) is 0 Å². The van der Waals surface area contributed by atoms with Crippen LogP contribution < -0.4 is 10.1 Å². The van der Waals surface area contributed by atoms with Crippen molar-refractivity contribution < 1.29 is 9.13 Å². The first-order valence-corrected chi connectivity index (χ1v) is 7.49. The maximum Gasteiger partial charge on any atom is 0.237 e. The molecule has 0 bridgehead atoms. The lowest BCUT2D eigenvalue weighted by atomic mass is 10.0. The molecule has 0 radical (unpaired) electrons. The smallest absolute Gasteiger partial charge is 0.237 e. The molecule has 1 atom stereocenters. The third-order valence-electron chi connectivity index (χ3n) is 3.03. The van der Waals surface area contributed by atoms with Crippen LogP contribution >= 0.6 is 15.9 Å². The first kappa shape index (κ1) is 15.9. The van der Waals surface area contributed by atoms with Crippen molar-refractivity contribution >= 4 is 15.9 Å². The summed E-state index contributed by atoms with van der Waals surface area (Å²) in [5.74, 6) is 0.174. The Morgan fingerprint density at radius 2 is 2.10 bits per heavy atom. The summed E-state index contributed by atoms with van der Waals surface area (Å²) < 4.78 is 19.3. The molecule has 2 aromatic rings. The van der Waals surface area contributed by atoms with Crippen LogP contribution in [0.3, 0.4) is 0 Å². The summed E-state index contributed by atoms with van der Waals surface area (Å²) in [5, 5.41) is 3.40. The van der Waals surface area contributed by atoms with E-state index >= 15 is 0 Å². The largest absolute Gasteiger partial charge is 0.480 e. The fraction of sp³-hybridized carbons (Fsp3) is 0.333. The zero-order valence-electron chi connectivity index (χ0n) is 11.9. The Balaban J connectivity index is 2.47. The molecule has 1 aromatic heterocycles. The number of benzene rings is 1. The van der Waals surface area contributed by atoms with Crippen molar-refractivity contribution in [2.24, 2.45) is 0 Å². The molecule has 0 aliphatic rings. The molecule has 1 unspecified atom stereocenters. The van der Waals surface area contributed by atoms with Crippen molar-refractivity contribution in [3.63, 3.8) is 0 Å². The SMILES string of the molecule is CCCNC(c1ccc(F)cc1Br)c1nccnc1OC. The number of nitrogens with zero attached hydrogens (tertiary/aromatic N) is 2. The quantitative estimate of drug-likeness (QED) is 0.863. The second-order valence-corrected chi connectivity index (χ2v) is 5.36. The molecule has 0 saturated heterocycles. The Labute approximate surface area is 131 Å². The van der Waals surface area contributed by atoms with Crippen LogP contribution in [0.1, 0.15) is 30.6 Å². The van der Waals surface area contributed by atoms with Crippen LogP contribution in [-0.4, -0.2) is 23.6 Å². The predicted molar refractivity (Wildman–Crippen MR) is 82.8 cm³/mol. The number of hydrogen-bond donors (Lipinski definition) is 1. The van der Waals surface area contributed by atoms with Gasteiger partial charge in [-0.25, -0.2) is 9.37 Å². The van der Waals surface area contributed by atoms with Gasteiger partial charge in [-0.05, 0) is 30.7 Å². The van der Waals surface area contributed by atoms with Crippen LogP contribution in [0.4, 0.5) is 4.39 Å². The molecule has 112 valence electrons. The lowest BCUT2D eigenvalue weighted by Gasteiger charge is -2.21. The summed E-state index contributed by atoms with van der Waals surface area (Å²) in [6.07, 6.45) is 4.17. The molecule has 0 aliphatic heterocycles. The standard InChI is InChI=1S/C15H17BrFN3O/c1-3-6-18-13(11-5-4-10(17)9-12(11)16)14-15(21-2)20-8-7-19-14/h4-5,7-9,13,18H,3,6H2,1-2H3. The minimum atomic E-state index is -0.286. The van der Waals surface area contributed by atoms with Gasteiger partial charge in [0.05, 0.1) is 13.2 Å². The molecule has 0 aliphatic carbocycles. The Morgan fingerprint density at radius 1 is 1.33 bits per heavy atom. The van der Waals surface area contributed by atoms with Crippen LogP contribution in [0.2, 0.25) is 0 Å². The van der Waals surface area contributed by atoms with Crippen molar-refractivity contribution in [3.05, 3.63) is 52.1 Å². The topological polar surface area (TPSA) is 47.0 Å². The van der Waals surface area contributed by atoms with Crippen LogP contribution in [0.5, 0.6) is 5.88 Å². The normalized spacial score (nSPS) is 12.2. The van der Waals surface area contributed by atoms with Gasteiger partial charge in [0.1, 0.15) is 11.5 Å². The molecule has 0 fully saturated rings. The molecular formula is C15H17BrFN3O. The molecule has 0 spiro atoms. The van der Waals surface area contributed by atoms with E-state index < -0.39 is 0 Å². The van der Waals surface area contributed by atoms with Gasteiger partial charge in [0.2, 0.25) is 5.88 Å². The van der Waals surface area contributed by atoms with Crippen molar-refractivity contribution in [3.8, 4) is 5.88 Å². The second-order valence-electron chi connectivity index (χ2n) is 4.50.